The van der Waals surface area contributed by atoms with E-state index in [4.69, 9.17) is 5.73 Å². The number of rotatable bonds is 9. The van der Waals surface area contributed by atoms with E-state index in [-0.39, 0.29) is 5.91 Å². The molecule has 1 aromatic carbocycles. The van der Waals surface area contributed by atoms with Gasteiger partial charge in [0.25, 0.3) is 0 Å². The van der Waals surface area contributed by atoms with Crippen LogP contribution in [0.5, 0.6) is 0 Å². The van der Waals surface area contributed by atoms with Gasteiger partial charge in [-0.15, -0.1) is 0 Å². The third-order valence-corrected chi connectivity index (χ3v) is 3.91. The van der Waals surface area contributed by atoms with E-state index in [9.17, 15) is 4.79 Å². The molecule has 0 saturated heterocycles. The summed E-state index contributed by atoms with van der Waals surface area (Å²) in [5, 5.41) is 0. The number of hydrogen-bond donors (Lipinski definition) is 1. The van der Waals surface area contributed by atoms with Gasteiger partial charge in [-0.05, 0) is 38.5 Å². The van der Waals surface area contributed by atoms with Gasteiger partial charge in [0.15, 0.2) is 0 Å². The molecule has 1 rings (SSSR count). The Labute approximate surface area is 128 Å². The molecule has 0 saturated carbocycles. The molecule has 21 heavy (non-hydrogen) atoms. The van der Waals surface area contributed by atoms with Crippen molar-refractivity contribution >= 4 is 5.91 Å². The standard InChI is InChI=1S/C17H29N3O/c1-4-19(5-2)13-10-14-20(6-3)17(21)16(18)15-11-8-7-9-12-15/h7-9,11-12,16H,4-6,10,13-14,18H2,1-3H3. The summed E-state index contributed by atoms with van der Waals surface area (Å²) in [5.41, 5.74) is 6.98. The summed E-state index contributed by atoms with van der Waals surface area (Å²) in [6.07, 6.45) is 0.989. The maximum atomic E-state index is 12.5. The van der Waals surface area contributed by atoms with Gasteiger partial charge >= 0.3 is 0 Å². The highest BCUT2D eigenvalue weighted by atomic mass is 16.2. The highest BCUT2D eigenvalue weighted by Crippen LogP contribution is 2.13. The van der Waals surface area contributed by atoms with Gasteiger partial charge in [0, 0.05) is 13.1 Å². The molecule has 0 bridgehead atoms. The lowest BCUT2D eigenvalue weighted by Gasteiger charge is -2.26. The molecule has 0 fully saturated rings. The fourth-order valence-corrected chi connectivity index (χ4v) is 2.45. The summed E-state index contributed by atoms with van der Waals surface area (Å²) in [4.78, 5) is 16.7. The van der Waals surface area contributed by atoms with Crippen molar-refractivity contribution in [1.29, 1.82) is 0 Å². The molecule has 2 N–H and O–H groups in total. The Hall–Kier alpha value is -1.39. The van der Waals surface area contributed by atoms with E-state index in [0.29, 0.717) is 6.54 Å². The van der Waals surface area contributed by atoms with E-state index in [0.717, 1.165) is 38.2 Å². The average molecular weight is 291 g/mol. The number of carbonyl (C=O) groups excluding carboxylic acids is 1. The zero-order valence-corrected chi connectivity index (χ0v) is 13.6. The number of carbonyl (C=O) groups is 1. The van der Waals surface area contributed by atoms with Crippen LogP contribution in [0.25, 0.3) is 0 Å². The van der Waals surface area contributed by atoms with Gasteiger partial charge in [-0.1, -0.05) is 44.2 Å². The van der Waals surface area contributed by atoms with E-state index < -0.39 is 6.04 Å². The van der Waals surface area contributed by atoms with Gasteiger partial charge in [0.2, 0.25) is 5.91 Å². The predicted octanol–water partition coefficient (Wildman–Crippen LogP) is 2.27. The van der Waals surface area contributed by atoms with E-state index in [2.05, 4.69) is 18.7 Å². The molecular formula is C17H29N3O. The molecule has 0 aliphatic rings. The lowest BCUT2D eigenvalue weighted by Crippen LogP contribution is -2.40. The summed E-state index contributed by atoms with van der Waals surface area (Å²) in [6, 6.07) is 9.03. The molecule has 1 atom stereocenters. The van der Waals surface area contributed by atoms with Crippen molar-refractivity contribution in [2.45, 2.75) is 33.2 Å². The Morgan fingerprint density at radius 1 is 1.05 bits per heavy atom. The second-order valence-corrected chi connectivity index (χ2v) is 5.19. The molecule has 118 valence electrons. The second kappa shape index (κ2) is 9.53. The first-order chi connectivity index (χ1) is 10.1. The van der Waals surface area contributed by atoms with Crippen molar-refractivity contribution in [3.05, 3.63) is 35.9 Å². The molecule has 1 aromatic rings. The van der Waals surface area contributed by atoms with Crippen molar-refractivity contribution in [1.82, 2.24) is 9.80 Å². The quantitative estimate of drug-likeness (QED) is 0.759. The van der Waals surface area contributed by atoms with Gasteiger partial charge in [-0.3, -0.25) is 4.79 Å². The Bertz CT molecular complexity index is 404. The minimum Gasteiger partial charge on any atom is -0.341 e. The van der Waals surface area contributed by atoms with E-state index in [1.165, 1.54) is 0 Å². The molecule has 0 aliphatic carbocycles. The zero-order valence-electron chi connectivity index (χ0n) is 13.6. The fraction of sp³-hybridized carbons (Fsp3) is 0.588. The molecule has 1 amide bonds. The molecule has 0 heterocycles. The number of nitrogens with zero attached hydrogens (tertiary/aromatic N) is 2. The minimum absolute atomic E-state index is 0.0169. The van der Waals surface area contributed by atoms with Crippen LogP contribution in [0, 0.1) is 0 Å². The summed E-state index contributed by atoms with van der Waals surface area (Å²) in [5.74, 6) is 0.0169. The van der Waals surface area contributed by atoms with Crippen molar-refractivity contribution in [2.75, 3.05) is 32.7 Å². The van der Waals surface area contributed by atoms with Crippen LogP contribution in [-0.2, 0) is 4.79 Å². The molecule has 0 aromatic heterocycles. The first-order valence-electron chi connectivity index (χ1n) is 7.95. The number of benzene rings is 1. The first kappa shape index (κ1) is 17.7. The Kier molecular flexibility index (Phi) is 8.01. The Balaban J connectivity index is 2.53. The third kappa shape index (κ3) is 5.48. The summed E-state index contributed by atoms with van der Waals surface area (Å²) in [6.45, 7) is 10.9. The highest BCUT2D eigenvalue weighted by Gasteiger charge is 2.20. The highest BCUT2D eigenvalue weighted by molar-refractivity contribution is 5.83. The molecule has 4 nitrogen and oxygen atoms in total. The topological polar surface area (TPSA) is 49.6 Å². The summed E-state index contributed by atoms with van der Waals surface area (Å²) >= 11 is 0. The van der Waals surface area contributed by atoms with Crippen molar-refractivity contribution in [2.24, 2.45) is 5.73 Å². The van der Waals surface area contributed by atoms with Crippen LogP contribution >= 0.6 is 0 Å². The van der Waals surface area contributed by atoms with Crippen LogP contribution in [0.15, 0.2) is 30.3 Å². The molecule has 1 unspecified atom stereocenters. The van der Waals surface area contributed by atoms with Crippen LogP contribution in [0.2, 0.25) is 0 Å². The Morgan fingerprint density at radius 3 is 2.19 bits per heavy atom. The fourth-order valence-electron chi connectivity index (χ4n) is 2.45. The van der Waals surface area contributed by atoms with Gasteiger partial charge < -0.3 is 15.5 Å². The maximum absolute atomic E-state index is 12.5. The van der Waals surface area contributed by atoms with Gasteiger partial charge in [0.05, 0.1) is 0 Å². The van der Waals surface area contributed by atoms with Crippen LogP contribution < -0.4 is 5.73 Å². The average Bonchev–Trinajstić information content (AvgIpc) is 2.55. The SMILES string of the molecule is CCN(CC)CCCN(CC)C(=O)C(N)c1ccccc1. The van der Waals surface area contributed by atoms with Crippen molar-refractivity contribution in [3.8, 4) is 0 Å². The van der Waals surface area contributed by atoms with E-state index in [1.54, 1.807) is 0 Å². The molecule has 0 radical (unpaired) electrons. The summed E-state index contributed by atoms with van der Waals surface area (Å²) < 4.78 is 0. The maximum Gasteiger partial charge on any atom is 0.244 e. The predicted molar refractivity (Wildman–Crippen MR) is 88.0 cm³/mol. The molecule has 0 spiro atoms. The third-order valence-electron chi connectivity index (χ3n) is 3.91. The van der Waals surface area contributed by atoms with E-state index >= 15 is 0 Å². The monoisotopic (exact) mass is 291 g/mol. The van der Waals surface area contributed by atoms with Crippen molar-refractivity contribution < 1.29 is 4.79 Å². The molecule has 0 aliphatic heterocycles. The number of likely N-dealkylation sites (N-methyl/N-ethyl adjacent to an activating group) is 1. The van der Waals surface area contributed by atoms with Crippen LogP contribution in [0.4, 0.5) is 0 Å². The Morgan fingerprint density at radius 2 is 1.67 bits per heavy atom. The van der Waals surface area contributed by atoms with Gasteiger partial charge in [0.1, 0.15) is 6.04 Å². The molecular weight excluding hydrogens is 262 g/mol. The molecule has 4 heteroatoms. The van der Waals surface area contributed by atoms with Crippen LogP contribution in [-0.4, -0.2) is 48.4 Å². The largest absolute Gasteiger partial charge is 0.341 e. The van der Waals surface area contributed by atoms with E-state index in [1.807, 2.05) is 42.2 Å². The summed E-state index contributed by atoms with van der Waals surface area (Å²) in [7, 11) is 0. The number of amides is 1. The van der Waals surface area contributed by atoms with Crippen LogP contribution in [0.3, 0.4) is 0 Å². The van der Waals surface area contributed by atoms with Gasteiger partial charge in [-0.25, -0.2) is 0 Å². The lowest BCUT2D eigenvalue weighted by atomic mass is 10.1. The second-order valence-electron chi connectivity index (χ2n) is 5.19. The zero-order chi connectivity index (χ0) is 15.7. The lowest BCUT2D eigenvalue weighted by molar-refractivity contribution is -0.132. The van der Waals surface area contributed by atoms with Crippen LogP contribution in [0.1, 0.15) is 38.8 Å². The smallest absolute Gasteiger partial charge is 0.244 e. The number of nitrogens with two attached hydrogens (primary N) is 1. The first-order valence-corrected chi connectivity index (χ1v) is 7.95. The number of hydrogen-bond acceptors (Lipinski definition) is 3. The minimum atomic E-state index is -0.556. The normalized spacial score (nSPS) is 12.4. The van der Waals surface area contributed by atoms with Crippen molar-refractivity contribution in [3.63, 3.8) is 0 Å². The van der Waals surface area contributed by atoms with Gasteiger partial charge in [-0.2, -0.15) is 0 Å².